The summed E-state index contributed by atoms with van der Waals surface area (Å²) in [6, 6.07) is 4.21. The van der Waals surface area contributed by atoms with Gasteiger partial charge < -0.3 is 9.47 Å². The topological polar surface area (TPSA) is 21.7 Å². The molecule has 1 saturated carbocycles. The van der Waals surface area contributed by atoms with Crippen LogP contribution in [0, 0.1) is 0 Å². The average Bonchev–Trinajstić information content (AvgIpc) is 2.54. The third kappa shape index (κ3) is 2.46. The zero-order chi connectivity index (χ0) is 15.2. The number of ether oxygens (including phenoxy) is 2. The smallest absolute Gasteiger partial charge is 0.186 e. The summed E-state index contributed by atoms with van der Waals surface area (Å²) in [5.74, 6) is 0.973. The molecule has 3 nitrogen and oxygen atoms in total. The Morgan fingerprint density at radius 2 is 1.91 bits per heavy atom. The Morgan fingerprint density at radius 1 is 1.09 bits per heavy atom. The number of benzene rings is 1. The van der Waals surface area contributed by atoms with Crippen molar-refractivity contribution >= 4 is 37.9 Å². The van der Waals surface area contributed by atoms with Crippen molar-refractivity contribution < 1.29 is 9.47 Å². The summed E-state index contributed by atoms with van der Waals surface area (Å²) >= 11 is 7.25. The molecule has 118 valence electrons. The van der Waals surface area contributed by atoms with E-state index < -0.39 is 0 Å². The highest BCUT2D eigenvalue weighted by molar-refractivity contribution is 9.11. The summed E-state index contributed by atoms with van der Waals surface area (Å²) < 4.78 is 14.3. The van der Waals surface area contributed by atoms with Crippen LogP contribution >= 0.6 is 31.9 Å². The van der Waals surface area contributed by atoms with Gasteiger partial charge in [-0.25, -0.2) is 0 Å². The van der Waals surface area contributed by atoms with Gasteiger partial charge in [0.15, 0.2) is 5.72 Å². The molecule has 0 unspecified atom stereocenters. The van der Waals surface area contributed by atoms with E-state index in [0.717, 1.165) is 53.8 Å². The summed E-state index contributed by atoms with van der Waals surface area (Å²) in [5, 5.41) is 0. The first-order valence-corrected chi connectivity index (χ1v) is 9.49. The molecule has 22 heavy (non-hydrogen) atoms. The molecule has 0 aromatic heterocycles. The molecule has 2 aliphatic heterocycles. The molecule has 1 atom stereocenters. The molecule has 1 aromatic carbocycles. The zero-order valence-electron chi connectivity index (χ0n) is 12.4. The van der Waals surface area contributed by atoms with Crippen molar-refractivity contribution in [1.82, 2.24) is 4.90 Å². The van der Waals surface area contributed by atoms with E-state index in [2.05, 4.69) is 55.0 Å². The predicted octanol–water partition coefficient (Wildman–Crippen LogP) is 4.59. The van der Waals surface area contributed by atoms with Gasteiger partial charge in [0.2, 0.25) is 0 Å². The fourth-order valence-electron chi connectivity index (χ4n) is 3.84. The van der Waals surface area contributed by atoms with Crippen LogP contribution in [0.4, 0.5) is 0 Å². The van der Waals surface area contributed by atoms with Crippen LogP contribution in [0.2, 0.25) is 0 Å². The van der Waals surface area contributed by atoms with Gasteiger partial charge in [-0.2, -0.15) is 0 Å². The van der Waals surface area contributed by atoms with Gasteiger partial charge in [0.1, 0.15) is 5.75 Å². The van der Waals surface area contributed by atoms with Crippen molar-refractivity contribution in [2.45, 2.75) is 31.4 Å². The molecule has 2 heterocycles. The number of hydrogen-bond donors (Lipinski definition) is 0. The minimum atomic E-state index is -0.259. The van der Waals surface area contributed by atoms with Gasteiger partial charge in [-0.1, -0.05) is 15.9 Å². The Balaban J connectivity index is 1.80. The summed E-state index contributed by atoms with van der Waals surface area (Å²) in [5.41, 5.74) is 2.34. The molecule has 0 spiro atoms. The van der Waals surface area contributed by atoms with Crippen LogP contribution in [0.3, 0.4) is 0 Å². The van der Waals surface area contributed by atoms with E-state index >= 15 is 0 Å². The van der Waals surface area contributed by atoms with Crippen LogP contribution in [0.1, 0.15) is 31.2 Å². The van der Waals surface area contributed by atoms with E-state index in [4.69, 9.17) is 9.47 Å². The zero-order valence-corrected chi connectivity index (χ0v) is 15.6. The summed E-state index contributed by atoms with van der Waals surface area (Å²) in [6.07, 6.45) is 7.02. The van der Waals surface area contributed by atoms with Crippen molar-refractivity contribution in [2.75, 3.05) is 26.3 Å². The third-order valence-electron chi connectivity index (χ3n) is 4.87. The van der Waals surface area contributed by atoms with Crippen molar-refractivity contribution in [3.63, 3.8) is 0 Å². The molecule has 3 aliphatic rings. The van der Waals surface area contributed by atoms with Gasteiger partial charge in [-0.15, -0.1) is 0 Å². The number of morpholine rings is 1. The molecule has 1 saturated heterocycles. The quantitative estimate of drug-likeness (QED) is 0.652. The summed E-state index contributed by atoms with van der Waals surface area (Å²) in [7, 11) is 0. The average molecular weight is 429 g/mol. The number of nitrogens with zero attached hydrogens (tertiary/aromatic N) is 1. The van der Waals surface area contributed by atoms with E-state index in [1.165, 1.54) is 24.0 Å². The van der Waals surface area contributed by atoms with E-state index in [0.29, 0.717) is 0 Å². The first-order chi connectivity index (χ1) is 10.7. The fraction of sp³-hybridized carbons (Fsp3) is 0.529. The first-order valence-electron chi connectivity index (χ1n) is 7.91. The summed E-state index contributed by atoms with van der Waals surface area (Å²) in [4.78, 5) is 2.49. The monoisotopic (exact) mass is 427 g/mol. The molecule has 5 heteroatoms. The van der Waals surface area contributed by atoms with Crippen molar-refractivity contribution in [2.24, 2.45) is 0 Å². The van der Waals surface area contributed by atoms with E-state index in [-0.39, 0.29) is 5.72 Å². The van der Waals surface area contributed by atoms with Crippen LogP contribution in [0.25, 0.3) is 6.08 Å². The SMILES string of the molecule is Brc1cc(Br)c2c(c1)C=C1CCCC[C@]1(N1CCOCC1)O2. The Labute approximate surface area is 147 Å². The minimum absolute atomic E-state index is 0.259. The largest absolute Gasteiger partial charge is 0.467 e. The van der Waals surface area contributed by atoms with Crippen LogP contribution in [-0.4, -0.2) is 36.9 Å². The molecular formula is C17H19Br2NO2. The van der Waals surface area contributed by atoms with Gasteiger partial charge in [0, 0.05) is 29.5 Å². The second-order valence-electron chi connectivity index (χ2n) is 6.17. The second kappa shape index (κ2) is 5.93. The molecule has 0 radical (unpaired) electrons. The number of halogens is 2. The third-order valence-corrected chi connectivity index (χ3v) is 5.92. The molecule has 4 rings (SSSR count). The van der Waals surface area contributed by atoms with Gasteiger partial charge in [-0.05, 0) is 59.0 Å². The lowest BCUT2D eigenvalue weighted by Gasteiger charge is -2.50. The van der Waals surface area contributed by atoms with Crippen LogP contribution in [0.5, 0.6) is 5.75 Å². The maximum Gasteiger partial charge on any atom is 0.186 e. The predicted molar refractivity (Wildman–Crippen MR) is 94.0 cm³/mol. The van der Waals surface area contributed by atoms with E-state index in [1.54, 1.807) is 0 Å². The Bertz CT molecular complexity index is 625. The molecule has 1 aromatic rings. The number of rotatable bonds is 1. The van der Waals surface area contributed by atoms with Gasteiger partial charge in [-0.3, -0.25) is 4.90 Å². The highest BCUT2D eigenvalue weighted by atomic mass is 79.9. The molecule has 2 fully saturated rings. The standard InChI is InChI=1S/C17H19Br2NO2/c18-14-10-12-9-13-3-1-2-4-17(13,20-5-7-21-8-6-20)22-16(12)15(19)11-14/h9-11H,1-8H2/t17-/m0/s1. The van der Waals surface area contributed by atoms with Crippen molar-refractivity contribution in [3.05, 3.63) is 32.2 Å². The lowest BCUT2D eigenvalue weighted by Crippen LogP contribution is -2.59. The van der Waals surface area contributed by atoms with Crippen molar-refractivity contribution in [1.29, 1.82) is 0 Å². The van der Waals surface area contributed by atoms with Gasteiger partial charge in [0.25, 0.3) is 0 Å². The highest BCUT2D eigenvalue weighted by Gasteiger charge is 2.47. The number of fused-ring (bicyclic) bond motifs is 2. The van der Waals surface area contributed by atoms with E-state index in [9.17, 15) is 0 Å². The van der Waals surface area contributed by atoms with Crippen LogP contribution in [-0.2, 0) is 4.74 Å². The van der Waals surface area contributed by atoms with Crippen LogP contribution in [0.15, 0.2) is 26.7 Å². The second-order valence-corrected chi connectivity index (χ2v) is 7.94. The van der Waals surface area contributed by atoms with Gasteiger partial charge >= 0.3 is 0 Å². The molecular weight excluding hydrogens is 410 g/mol. The fourth-order valence-corrected chi connectivity index (χ4v) is 5.18. The maximum absolute atomic E-state index is 6.68. The lowest BCUT2D eigenvalue weighted by atomic mass is 9.82. The summed E-state index contributed by atoms with van der Waals surface area (Å²) in [6.45, 7) is 3.49. The first kappa shape index (κ1) is 15.2. The Kier molecular flexibility index (Phi) is 4.09. The lowest BCUT2D eigenvalue weighted by molar-refractivity contribution is -0.113. The minimum Gasteiger partial charge on any atom is -0.467 e. The van der Waals surface area contributed by atoms with Gasteiger partial charge in [0.05, 0.1) is 17.7 Å². The molecule has 0 amide bonds. The normalized spacial score (nSPS) is 28.4. The van der Waals surface area contributed by atoms with E-state index in [1.807, 2.05) is 0 Å². The molecule has 0 N–H and O–H groups in total. The van der Waals surface area contributed by atoms with Crippen LogP contribution < -0.4 is 4.74 Å². The molecule has 1 aliphatic carbocycles. The maximum atomic E-state index is 6.68. The van der Waals surface area contributed by atoms with Crippen molar-refractivity contribution in [3.8, 4) is 5.75 Å². The highest BCUT2D eigenvalue weighted by Crippen LogP contribution is 2.48. The molecule has 0 bridgehead atoms. The number of hydrogen-bond acceptors (Lipinski definition) is 3. The Morgan fingerprint density at radius 3 is 2.73 bits per heavy atom. The Hall–Kier alpha value is -0.360.